The van der Waals surface area contributed by atoms with Crippen molar-refractivity contribution in [2.45, 2.75) is 51.1 Å². The topological polar surface area (TPSA) is 23.8 Å². The Bertz CT molecular complexity index is 527. The Morgan fingerprint density at radius 2 is 1.80 bits per heavy atom. The smallest absolute Gasteiger partial charge is 0.197 e. The molecule has 0 atom stereocenters. The van der Waals surface area contributed by atoms with Crippen molar-refractivity contribution in [1.29, 1.82) is 5.26 Å². The van der Waals surface area contributed by atoms with Gasteiger partial charge in [0.1, 0.15) is 0 Å². The van der Waals surface area contributed by atoms with Crippen molar-refractivity contribution in [2.24, 2.45) is 5.41 Å². The van der Waals surface area contributed by atoms with Gasteiger partial charge in [-0.15, -0.1) is 0 Å². The molecule has 0 unspecified atom stereocenters. The summed E-state index contributed by atoms with van der Waals surface area (Å²) >= 11 is 0. The third-order valence-electron chi connectivity index (χ3n) is 4.81. The number of benzene rings is 1. The minimum absolute atomic E-state index is 0.115. The van der Waals surface area contributed by atoms with Gasteiger partial charge in [0, 0.05) is 0 Å². The summed E-state index contributed by atoms with van der Waals surface area (Å²) in [5.41, 5.74) is -0.792. The number of hydrogen-bond acceptors (Lipinski definition) is 1. The van der Waals surface area contributed by atoms with E-state index in [0.29, 0.717) is 18.4 Å². The van der Waals surface area contributed by atoms with Crippen molar-refractivity contribution in [3.8, 4) is 6.07 Å². The van der Waals surface area contributed by atoms with Crippen molar-refractivity contribution in [1.82, 2.24) is 0 Å². The Morgan fingerprint density at radius 1 is 1.20 bits per heavy atom. The number of halogens is 3. The van der Waals surface area contributed by atoms with E-state index in [1.54, 1.807) is 6.07 Å². The highest BCUT2D eigenvalue weighted by molar-refractivity contribution is 5.40. The van der Waals surface area contributed by atoms with Crippen molar-refractivity contribution >= 4 is 0 Å². The van der Waals surface area contributed by atoms with Crippen LogP contribution < -0.4 is 0 Å². The third-order valence-corrected chi connectivity index (χ3v) is 4.81. The lowest BCUT2D eigenvalue weighted by Crippen LogP contribution is -2.48. The largest absolute Gasteiger partial charge is 0.416 e. The van der Waals surface area contributed by atoms with Crippen LogP contribution in [0.2, 0.25) is 0 Å². The highest BCUT2D eigenvalue weighted by Gasteiger charge is 2.54. The van der Waals surface area contributed by atoms with Crippen LogP contribution in [0.15, 0.2) is 24.3 Å². The zero-order chi connectivity index (χ0) is 15.0. The molecule has 0 radical (unpaired) electrons. The summed E-state index contributed by atoms with van der Waals surface area (Å²) in [7, 11) is 0. The highest BCUT2D eigenvalue weighted by atomic mass is 19.4. The fourth-order valence-corrected chi connectivity index (χ4v) is 3.32. The Balaban J connectivity index is 2.34. The standard InChI is InChI=1S/C16H18F3N/c1-3-14(4-2)9-15(10-14,11-20)12-6-5-7-13(8-12)16(17,18)19/h5-8H,3-4,9-10H2,1-2H3. The van der Waals surface area contributed by atoms with Gasteiger partial charge in [0.05, 0.1) is 17.0 Å². The first-order valence-corrected chi connectivity index (χ1v) is 6.90. The molecule has 1 aliphatic carbocycles. The molecule has 2 rings (SSSR count). The van der Waals surface area contributed by atoms with Crippen LogP contribution in [0.25, 0.3) is 0 Å². The van der Waals surface area contributed by atoms with Gasteiger partial charge in [0.25, 0.3) is 0 Å². The lowest BCUT2D eigenvalue weighted by Gasteiger charge is -2.53. The lowest BCUT2D eigenvalue weighted by atomic mass is 9.49. The minimum atomic E-state index is -4.36. The zero-order valence-electron chi connectivity index (χ0n) is 11.7. The summed E-state index contributed by atoms with van der Waals surface area (Å²) in [6.07, 6.45) is -1.11. The maximum absolute atomic E-state index is 12.8. The fraction of sp³-hybridized carbons (Fsp3) is 0.562. The monoisotopic (exact) mass is 281 g/mol. The van der Waals surface area contributed by atoms with Gasteiger partial charge in [-0.2, -0.15) is 18.4 Å². The predicted octanol–water partition coefficient (Wildman–Crippen LogP) is 5.07. The van der Waals surface area contributed by atoms with E-state index in [2.05, 4.69) is 19.9 Å². The Labute approximate surface area is 117 Å². The molecule has 1 aliphatic rings. The van der Waals surface area contributed by atoms with Crippen LogP contribution in [0.1, 0.15) is 50.7 Å². The van der Waals surface area contributed by atoms with E-state index in [9.17, 15) is 18.4 Å². The second kappa shape index (κ2) is 4.80. The van der Waals surface area contributed by atoms with E-state index < -0.39 is 17.2 Å². The number of hydrogen-bond donors (Lipinski definition) is 0. The molecule has 20 heavy (non-hydrogen) atoms. The Morgan fingerprint density at radius 3 is 2.25 bits per heavy atom. The zero-order valence-corrected chi connectivity index (χ0v) is 11.7. The molecule has 1 saturated carbocycles. The molecule has 0 aromatic heterocycles. The first kappa shape index (κ1) is 14.9. The SMILES string of the molecule is CCC1(CC)CC(C#N)(c2cccc(C(F)(F)F)c2)C1. The van der Waals surface area contributed by atoms with E-state index in [1.165, 1.54) is 6.07 Å². The molecular weight excluding hydrogens is 263 g/mol. The van der Waals surface area contributed by atoms with Gasteiger partial charge in [-0.3, -0.25) is 0 Å². The van der Waals surface area contributed by atoms with Crippen LogP contribution in [0.3, 0.4) is 0 Å². The van der Waals surface area contributed by atoms with E-state index in [4.69, 9.17) is 0 Å². The van der Waals surface area contributed by atoms with Crippen molar-refractivity contribution in [2.75, 3.05) is 0 Å². The van der Waals surface area contributed by atoms with Crippen LogP contribution in [-0.4, -0.2) is 0 Å². The number of alkyl halides is 3. The highest BCUT2D eigenvalue weighted by Crippen LogP contribution is 2.59. The van der Waals surface area contributed by atoms with Gasteiger partial charge in [0.2, 0.25) is 0 Å². The normalized spacial score (nSPS) is 20.0. The summed E-state index contributed by atoms with van der Waals surface area (Å²) in [5, 5.41) is 9.48. The van der Waals surface area contributed by atoms with Gasteiger partial charge in [-0.05, 0) is 29.9 Å². The van der Waals surface area contributed by atoms with Crippen molar-refractivity contribution < 1.29 is 13.2 Å². The first-order chi connectivity index (χ1) is 9.31. The molecular formula is C16H18F3N. The van der Waals surface area contributed by atoms with E-state index in [1.807, 2.05) is 0 Å². The van der Waals surface area contributed by atoms with Gasteiger partial charge >= 0.3 is 6.18 Å². The van der Waals surface area contributed by atoms with E-state index in [-0.39, 0.29) is 5.41 Å². The first-order valence-electron chi connectivity index (χ1n) is 6.90. The number of rotatable bonds is 3. The Hall–Kier alpha value is -1.50. The van der Waals surface area contributed by atoms with Gasteiger partial charge < -0.3 is 0 Å². The quantitative estimate of drug-likeness (QED) is 0.759. The van der Waals surface area contributed by atoms with Crippen LogP contribution in [0.4, 0.5) is 13.2 Å². The van der Waals surface area contributed by atoms with Gasteiger partial charge in [0.15, 0.2) is 0 Å². The molecule has 0 bridgehead atoms. The summed E-state index contributed by atoms with van der Waals surface area (Å²) in [6.45, 7) is 4.16. The van der Waals surface area contributed by atoms with Crippen LogP contribution in [0, 0.1) is 16.7 Å². The van der Waals surface area contributed by atoms with Crippen molar-refractivity contribution in [3.63, 3.8) is 0 Å². The van der Waals surface area contributed by atoms with E-state index >= 15 is 0 Å². The summed E-state index contributed by atoms with van der Waals surface area (Å²) < 4.78 is 38.4. The van der Waals surface area contributed by atoms with Crippen LogP contribution in [-0.2, 0) is 11.6 Å². The molecule has 1 nitrogen and oxygen atoms in total. The molecule has 1 fully saturated rings. The number of nitriles is 1. The second-order valence-corrected chi connectivity index (χ2v) is 5.83. The Kier molecular flexibility index (Phi) is 3.58. The molecule has 0 amide bonds. The average molecular weight is 281 g/mol. The lowest BCUT2D eigenvalue weighted by molar-refractivity contribution is -0.137. The molecule has 0 heterocycles. The third kappa shape index (κ3) is 2.30. The van der Waals surface area contributed by atoms with E-state index in [0.717, 1.165) is 25.0 Å². The fourth-order valence-electron chi connectivity index (χ4n) is 3.32. The van der Waals surface area contributed by atoms with Crippen LogP contribution >= 0.6 is 0 Å². The maximum Gasteiger partial charge on any atom is 0.416 e. The summed E-state index contributed by atoms with van der Waals surface area (Å²) in [5.74, 6) is 0. The minimum Gasteiger partial charge on any atom is -0.197 e. The predicted molar refractivity (Wildman–Crippen MR) is 71.0 cm³/mol. The second-order valence-electron chi connectivity index (χ2n) is 5.83. The maximum atomic E-state index is 12.8. The summed E-state index contributed by atoms with van der Waals surface area (Å²) in [6, 6.07) is 7.50. The number of nitrogens with zero attached hydrogens (tertiary/aromatic N) is 1. The molecule has 0 saturated heterocycles. The van der Waals surface area contributed by atoms with Crippen molar-refractivity contribution in [3.05, 3.63) is 35.4 Å². The van der Waals surface area contributed by atoms with Gasteiger partial charge in [-0.1, -0.05) is 44.9 Å². The molecule has 1 aromatic rings. The summed E-state index contributed by atoms with van der Waals surface area (Å²) in [4.78, 5) is 0. The average Bonchev–Trinajstić information content (AvgIpc) is 2.39. The molecule has 1 aromatic carbocycles. The molecule has 4 heteroatoms. The molecule has 0 spiro atoms. The van der Waals surface area contributed by atoms with Crippen LogP contribution in [0.5, 0.6) is 0 Å². The molecule has 0 aliphatic heterocycles. The van der Waals surface area contributed by atoms with Gasteiger partial charge in [-0.25, -0.2) is 0 Å². The molecule has 108 valence electrons. The molecule has 0 N–H and O–H groups in total.